The lowest BCUT2D eigenvalue weighted by Gasteiger charge is -2.21. The maximum Gasteiger partial charge on any atom is 0.481 e. The summed E-state index contributed by atoms with van der Waals surface area (Å²) in [6.07, 6.45) is 27.8. The van der Waals surface area contributed by atoms with Gasteiger partial charge in [-0.1, -0.05) is 139 Å². The molecule has 1 aliphatic rings. The van der Waals surface area contributed by atoms with Crippen molar-refractivity contribution in [2.75, 3.05) is 25.6 Å². The third kappa shape index (κ3) is 27.4. The van der Waals surface area contributed by atoms with Gasteiger partial charge in [0.2, 0.25) is 0 Å². The van der Waals surface area contributed by atoms with Crippen LogP contribution in [0.3, 0.4) is 0 Å². The van der Waals surface area contributed by atoms with Gasteiger partial charge in [-0.15, -0.1) is 0 Å². The van der Waals surface area contributed by atoms with Gasteiger partial charge in [-0.2, -0.15) is 9.29 Å². The number of carbonyl (C=O) groups is 2. The fourth-order valence-electron chi connectivity index (χ4n) is 6.40. The molecule has 9 atom stereocenters. The Bertz CT molecular complexity index is 1950. The van der Waals surface area contributed by atoms with Gasteiger partial charge < -0.3 is 45.1 Å². The summed E-state index contributed by atoms with van der Waals surface area (Å²) in [5.74, 6) is -0.793. The van der Waals surface area contributed by atoms with E-state index in [0.717, 1.165) is 75.0 Å². The van der Waals surface area contributed by atoms with Crippen molar-refractivity contribution in [3.8, 4) is 0 Å². The van der Waals surface area contributed by atoms with Crippen LogP contribution in [0.15, 0.2) is 90.0 Å². The summed E-state index contributed by atoms with van der Waals surface area (Å²) >= 11 is 0. The third-order valence-corrected chi connectivity index (χ3v) is 13.0. The molecule has 1 aliphatic heterocycles. The van der Waals surface area contributed by atoms with Crippen LogP contribution in [0.25, 0.3) is 0 Å². The van der Waals surface area contributed by atoms with E-state index < -0.39 is 89.8 Å². The molecule has 0 spiro atoms. The quantitative estimate of drug-likeness (QED) is 0.0123. The van der Waals surface area contributed by atoms with Gasteiger partial charge in [0, 0.05) is 19.0 Å². The Labute approximate surface area is 400 Å². The molecule has 2 rings (SSSR count). The summed E-state index contributed by atoms with van der Waals surface area (Å²) < 4.78 is 56.4. The number of esters is 2. The number of anilines is 1. The third-order valence-electron chi connectivity index (χ3n) is 10.4. The number of ether oxygens (including phenoxy) is 3. The molecule has 0 saturated carbocycles. The molecule has 21 heteroatoms. The number of phosphoric acid groups is 2. The van der Waals surface area contributed by atoms with Crippen LogP contribution in [0.5, 0.6) is 0 Å². The van der Waals surface area contributed by atoms with Crippen molar-refractivity contribution in [1.29, 1.82) is 0 Å². The number of rotatable bonds is 36. The van der Waals surface area contributed by atoms with Crippen molar-refractivity contribution in [3.05, 3.63) is 95.7 Å². The molecule has 0 amide bonds. The highest BCUT2D eigenvalue weighted by Gasteiger charge is 2.46. The first-order valence-corrected chi connectivity index (χ1v) is 26.4. The molecular formula is C47H75N3O16P2. The smallest absolute Gasteiger partial charge is 0.462 e. The van der Waals surface area contributed by atoms with Crippen LogP contribution in [0.1, 0.15) is 130 Å². The Kier molecular flexibility index (Phi) is 30.5. The molecule has 1 aromatic heterocycles. The Morgan fingerprint density at radius 2 is 1.49 bits per heavy atom. The number of nitrogen functional groups attached to an aromatic ring is 1. The van der Waals surface area contributed by atoms with Crippen LogP contribution in [0.4, 0.5) is 5.82 Å². The van der Waals surface area contributed by atoms with Crippen molar-refractivity contribution >= 4 is 33.4 Å². The van der Waals surface area contributed by atoms with Crippen LogP contribution in [-0.4, -0.2) is 96.9 Å². The van der Waals surface area contributed by atoms with Gasteiger partial charge in [-0.25, -0.2) is 13.9 Å². The van der Waals surface area contributed by atoms with Gasteiger partial charge in [-0.05, 0) is 56.9 Å². The lowest BCUT2D eigenvalue weighted by Crippen LogP contribution is -2.36. The molecule has 1 saturated heterocycles. The predicted molar refractivity (Wildman–Crippen MR) is 258 cm³/mol. The molecule has 1 fully saturated rings. The van der Waals surface area contributed by atoms with Gasteiger partial charge >= 0.3 is 33.3 Å². The first-order chi connectivity index (χ1) is 32.5. The van der Waals surface area contributed by atoms with E-state index in [4.69, 9.17) is 29.0 Å². The summed E-state index contributed by atoms with van der Waals surface area (Å²) in [6.45, 7) is 4.06. The average molecular weight is 1000 g/mol. The first kappa shape index (κ1) is 60.3. The van der Waals surface area contributed by atoms with Crippen LogP contribution < -0.4 is 11.4 Å². The fourth-order valence-corrected chi connectivity index (χ4v) is 8.51. The zero-order valence-electron chi connectivity index (χ0n) is 39.7. The second-order valence-electron chi connectivity index (χ2n) is 16.3. The van der Waals surface area contributed by atoms with E-state index in [1.54, 1.807) is 24.3 Å². The SMILES string of the molecule is CC/C=C\C/C=C\C/C=C\C/C=C\C=C/C(O)C/C=C\CCC(=O)O[C@H](COC(=O)CCCCCCCCC(C)CC)COP(=O)(O)OP(=O)(O)OC[C@H]1O[C@@H](n2ccc(N)nc2=O)[C@H](O)[C@@H]1O. The molecular weight excluding hydrogens is 924 g/mol. The molecule has 1 aromatic rings. The number of phosphoric ester groups is 2. The van der Waals surface area contributed by atoms with Gasteiger partial charge in [-0.3, -0.25) is 23.2 Å². The maximum absolute atomic E-state index is 12.8. The molecule has 19 nitrogen and oxygen atoms in total. The number of hydrogen-bond acceptors (Lipinski definition) is 16. The molecule has 7 N–H and O–H groups in total. The highest BCUT2D eigenvalue weighted by Crippen LogP contribution is 2.60. The number of nitrogens with two attached hydrogens (primary N) is 1. The molecule has 384 valence electrons. The van der Waals surface area contributed by atoms with Gasteiger partial charge in [0.05, 0.1) is 19.3 Å². The normalized spacial score (nSPS) is 21.1. The highest BCUT2D eigenvalue weighted by atomic mass is 31.3. The Balaban J connectivity index is 1.89. The molecule has 0 aromatic carbocycles. The summed E-state index contributed by atoms with van der Waals surface area (Å²) in [7, 11) is -10.9. The van der Waals surface area contributed by atoms with Crippen LogP contribution in [0, 0.1) is 5.92 Å². The second kappa shape index (κ2) is 34.5. The number of allylic oxidation sites excluding steroid dienone is 10. The van der Waals surface area contributed by atoms with Crippen LogP contribution in [0.2, 0.25) is 0 Å². The van der Waals surface area contributed by atoms with Crippen molar-refractivity contribution in [3.63, 3.8) is 0 Å². The Hall–Kier alpha value is -3.84. The number of unbranched alkanes of at least 4 members (excludes halogenated alkanes) is 5. The lowest BCUT2D eigenvalue weighted by molar-refractivity contribution is -0.161. The lowest BCUT2D eigenvalue weighted by atomic mass is 10.00. The minimum absolute atomic E-state index is 0.0844. The van der Waals surface area contributed by atoms with E-state index >= 15 is 0 Å². The number of nitrogens with zero attached hydrogens (tertiary/aromatic N) is 2. The largest absolute Gasteiger partial charge is 0.481 e. The van der Waals surface area contributed by atoms with E-state index in [0.29, 0.717) is 12.3 Å². The molecule has 0 radical (unpaired) electrons. The van der Waals surface area contributed by atoms with E-state index in [1.807, 2.05) is 12.2 Å². The summed E-state index contributed by atoms with van der Waals surface area (Å²) in [5, 5.41) is 31.1. The van der Waals surface area contributed by atoms with Crippen molar-refractivity contribution < 1.29 is 71.4 Å². The molecule has 0 aliphatic carbocycles. The van der Waals surface area contributed by atoms with Crippen LogP contribution in [-0.2, 0) is 46.3 Å². The minimum Gasteiger partial charge on any atom is -0.462 e. The van der Waals surface area contributed by atoms with E-state index in [9.17, 15) is 48.6 Å². The number of carbonyl (C=O) groups excluding carboxylic acids is 2. The topological polar surface area (TPSA) is 286 Å². The number of aliphatic hydroxyl groups excluding tert-OH is 3. The zero-order chi connectivity index (χ0) is 50.2. The molecule has 0 bridgehead atoms. The van der Waals surface area contributed by atoms with Crippen molar-refractivity contribution in [2.45, 2.75) is 160 Å². The van der Waals surface area contributed by atoms with E-state index in [-0.39, 0.29) is 31.5 Å². The van der Waals surface area contributed by atoms with Crippen molar-refractivity contribution in [1.82, 2.24) is 9.55 Å². The summed E-state index contributed by atoms with van der Waals surface area (Å²) in [5.41, 5.74) is 4.56. The van der Waals surface area contributed by atoms with E-state index in [2.05, 4.69) is 66.5 Å². The maximum atomic E-state index is 12.8. The standard InChI is InChI=1S/C47H75N3O16P2/c1-4-6-7-8-9-10-11-12-13-14-15-19-23-28-38(51)29-24-21-26-31-43(53)64-39(34-61-42(52)30-25-20-17-16-18-22-27-37(3)5-2)35-62-67(57,58)66-68(59,60)63-36-40-44(54)45(55)46(65-40)50-33-32-41(48)49-47(50)56/h6-7,9-10,12-13,15,19,21,23-24,28,32-33,37-40,44-46,51,54-55H,4-5,8,11,14,16-18,20,22,25-27,29-31,34-36H2,1-3H3,(H,57,58)(H,59,60)(H2,48,49,56)/b7-6-,10-9-,13-12-,19-15-,24-21-,28-23-/t37?,38?,39-,40-,44-,45-,46-/m1/s1. The van der Waals surface area contributed by atoms with Crippen molar-refractivity contribution in [2.24, 2.45) is 5.92 Å². The predicted octanol–water partition coefficient (Wildman–Crippen LogP) is 7.77. The molecule has 68 heavy (non-hydrogen) atoms. The van der Waals surface area contributed by atoms with Gasteiger partial charge in [0.1, 0.15) is 30.7 Å². The second-order valence-corrected chi connectivity index (χ2v) is 19.4. The van der Waals surface area contributed by atoms with Gasteiger partial charge in [0.25, 0.3) is 0 Å². The number of aliphatic hydroxyl groups is 3. The monoisotopic (exact) mass is 999 g/mol. The molecule has 4 unspecified atom stereocenters. The van der Waals surface area contributed by atoms with Crippen LogP contribution >= 0.6 is 15.6 Å². The zero-order valence-corrected chi connectivity index (χ0v) is 41.4. The summed E-state index contributed by atoms with van der Waals surface area (Å²) in [4.78, 5) is 61.7. The molecule has 2 heterocycles. The fraction of sp³-hybridized carbons (Fsp3) is 0.617. The number of aromatic nitrogens is 2. The average Bonchev–Trinajstić information content (AvgIpc) is 3.57. The Morgan fingerprint density at radius 3 is 2.16 bits per heavy atom. The van der Waals surface area contributed by atoms with Gasteiger partial charge in [0.15, 0.2) is 12.3 Å². The highest BCUT2D eigenvalue weighted by molar-refractivity contribution is 7.61. The minimum atomic E-state index is -5.46. The van der Waals surface area contributed by atoms with E-state index in [1.165, 1.54) is 12.5 Å². The first-order valence-electron chi connectivity index (χ1n) is 23.5. The number of hydrogen-bond donors (Lipinski definition) is 6. The Morgan fingerprint density at radius 1 is 0.838 bits per heavy atom. The summed E-state index contributed by atoms with van der Waals surface area (Å²) in [6, 6.07) is 1.23.